The van der Waals surface area contributed by atoms with E-state index in [2.05, 4.69) is 20.5 Å². The van der Waals surface area contributed by atoms with Crippen LogP contribution < -0.4 is 20.5 Å². The van der Waals surface area contributed by atoms with Crippen LogP contribution in [0.3, 0.4) is 0 Å². The molecule has 0 saturated heterocycles. The smallest absolute Gasteiger partial charge is 0.252 e. The number of benzene rings is 2. The van der Waals surface area contributed by atoms with Crippen LogP contribution in [0.5, 0.6) is 11.5 Å². The van der Waals surface area contributed by atoms with E-state index >= 15 is 0 Å². The average molecular weight is 364 g/mol. The molecule has 1 aromatic heterocycles. The zero-order valence-corrected chi connectivity index (χ0v) is 15.1. The molecule has 0 radical (unpaired) electrons. The minimum absolute atomic E-state index is 0.249. The Hall–Kier alpha value is -3.61. The number of methoxy groups -OCH3 is 1. The average Bonchev–Trinajstić information content (AvgIpc) is 2.69. The van der Waals surface area contributed by atoms with Crippen molar-refractivity contribution >= 4 is 12.2 Å². The first-order chi connectivity index (χ1) is 13.2. The predicted molar refractivity (Wildman–Crippen MR) is 106 cm³/mol. The van der Waals surface area contributed by atoms with E-state index in [1.54, 1.807) is 13.3 Å². The van der Waals surface area contributed by atoms with Gasteiger partial charge in [0.2, 0.25) is 5.95 Å². The zero-order valence-electron chi connectivity index (χ0n) is 15.1. The van der Waals surface area contributed by atoms with E-state index in [0.29, 0.717) is 23.8 Å². The maximum atomic E-state index is 11.9. The molecule has 27 heavy (non-hydrogen) atoms. The molecular formula is C20H20N4O3. The Balaban J connectivity index is 1.83. The maximum Gasteiger partial charge on any atom is 0.252 e. The van der Waals surface area contributed by atoms with Gasteiger partial charge in [0.05, 0.1) is 25.6 Å². The van der Waals surface area contributed by atoms with Crippen molar-refractivity contribution in [2.24, 2.45) is 5.10 Å². The Morgan fingerprint density at radius 3 is 2.74 bits per heavy atom. The first-order valence-corrected chi connectivity index (χ1v) is 8.47. The van der Waals surface area contributed by atoms with Crippen molar-refractivity contribution < 1.29 is 9.47 Å². The molecular weight excluding hydrogens is 344 g/mol. The Bertz CT molecular complexity index is 984. The molecule has 2 aromatic carbocycles. The van der Waals surface area contributed by atoms with Gasteiger partial charge in [-0.15, -0.1) is 0 Å². The van der Waals surface area contributed by atoms with E-state index in [-0.39, 0.29) is 11.5 Å². The fourth-order valence-electron chi connectivity index (χ4n) is 2.52. The normalized spacial score (nSPS) is 10.7. The number of aromatic nitrogens is 2. The summed E-state index contributed by atoms with van der Waals surface area (Å²) in [5, 5.41) is 4.16. The molecule has 0 spiro atoms. The van der Waals surface area contributed by atoms with Gasteiger partial charge in [-0.05, 0) is 19.1 Å². The van der Waals surface area contributed by atoms with E-state index in [9.17, 15) is 4.79 Å². The number of anilines is 1. The second kappa shape index (κ2) is 8.66. The third-order valence-electron chi connectivity index (χ3n) is 3.70. The SMILES string of the molecule is CCOc1c(/C=N\Nc2nc(-c3ccccc3)cc(=O)[nH]2)cccc1OC. The number of para-hydroxylation sites is 1. The summed E-state index contributed by atoms with van der Waals surface area (Å²) in [6, 6.07) is 16.4. The molecule has 7 nitrogen and oxygen atoms in total. The van der Waals surface area contributed by atoms with E-state index < -0.39 is 0 Å². The Morgan fingerprint density at radius 2 is 2.00 bits per heavy atom. The van der Waals surface area contributed by atoms with E-state index in [1.807, 2.05) is 55.5 Å². The van der Waals surface area contributed by atoms with E-state index in [0.717, 1.165) is 11.1 Å². The molecule has 0 aliphatic carbocycles. The van der Waals surface area contributed by atoms with Crippen LogP contribution >= 0.6 is 0 Å². The van der Waals surface area contributed by atoms with Crippen LogP contribution in [0, 0.1) is 0 Å². The van der Waals surface area contributed by atoms with Crippen molar-refractivity contribution in [2.75, 3.05) is 19.1 Å². The number of H-pyrrole nitrogens is 1. The largest absolute Gasteiger partial charge is 0.493 e. The minimum Gasteiger partial charge on any atom is -0.493 e. The summed E-state index contributed by atoms with van der Waals surface area (Å²) >= 11 is 0. The number of hydrazone groups is 1. The van der Waals surface area contributed by atoms with Crippen molar-refractivity contribution in [3.63, 3.8) is 0 Å². The number of nitrogens with one attached hydrogen (secondary N) is 2. The fraction of sp³-hybridized carbons (Fsp3) is 0.150. The minimum atomic E-state index is -0.266. The molecule has 138 valence electrons. The van der Waals surface area contributed by atoms with Gasteiger partial charge in [-0.3, -0.25) is 9.78 Å². The van der Waals surface area contributed by atoms with Crippen LogP contribution in [0.15, 0.2) is 64.5 Å². The molecule has 2 N–H and O–H groups in total. The van der Waals surface area contributed by atoms with Crippen molar-refractivity contribution in [2.45, 2.75) is 6.92 Å². The van der Waals surface area contributed by atoms with Gasteiger partial charge in [0.15, 0.2) is 11.5 Å². The van der Waals surface area contributed by atoms with Gasteiger partial charge in [0, 0.05) is 17.2 Å². The van der Waals surface area contributed by atoms with Gasteiger partial charge in [-0.1, -0.05) is 36.4 Å². The van der Waals surface area contributed by atoms with Crippen LogP contribution in [0.4, 0.5) is 5.95 Å². The van der Waals surface area contributed by atoms with Crippen LogP contribution in [-0.4, -0.2) is 29.9 Å². The molecule has 0 bridgehead atoms. The number of aromatic amines is 1. The van der Waals surface area contributed by atoms with Gasteiger partial charge in [0.1, 0.15) is 0 Å². The van der Waals surface area contributed by atoms with E-state index in [1.165, 1.54) is 6.07 Å². The molecule has 7 heteroatoms. The molecule has 3 rings (SSSR count). The molecule has 3 aromatic rings. The zero-order chi connectivity index (χ0) is 19.1. The molecule has 0 amide bonds. The summed E-state index contributed by atoms with van der Waals surface area (Å²) in [4.78, 5) is 18.9. The lowest BCUT2D eigenvalue weighted by Gasteiger charge is -2.11. The Kier molecular flexibility index (Phi) is 5.84. The highest BCUT2D eigenvalue weighted by Crippen LogP contribution is 2.30. The lowest BCUT2D eigenvalue weighted by atomic mass is 10.1. The van der Waals surface area contributed by atoms with Gasteiger partial charge < -0.3 is 9.47 Å². The fourth-order valence-corrected chi connectivity index (χ4v) is 2.52. The Morgan fingerprint density at radius 1 is 1.19 bits per heavy atom. The van der Waals surface area contributed by atoms with Gasteiger partial charge in [-0.2, -0.15) is 5.10 Å². The number of rotatable bonds is 7. The van der Waals surface area contributed by atoms with Gasteiger partial charge in [-0.25, -0.2) is 10.4 Å². The molecule has 0 saturated carbocycles. The number of ether oxygens (including phenoxy) is 2. The molecule has 0 aliphatic heterocycles. The monoisotopic (exact) mass is 364 g/mol. The maximum absolute atomic E-state index is 11.9. The summed E-state index contributed by atoms with van der Waals surface area (Å²) < 4.78 is 11.0. The standard InChI is InChI=1S/C20H20N4O3/c1-3-27-19-15(10-7-11-17(19)26-2)13-21-24-20-22-16(12-18(25)23-20)14-8-5-4-6-9-14/h4-13H,3H2,1-2H3,(H2,22,23,24,25)/b21-13-. The van der Waals surface area contributed by atoms with Crippen molar-refractivity contribution in [3.8, 4) is 22.8 Å². The highest BCUT2D eigenvalue weighted by Gasteiger charge is 2.08. The second-order valence-electron chi connectivity index (χ2n) is 5.53. The highest BCUT2D eigenvalue weighted by molar-refractivity contribution is 5.85. The number of nitrogens with zero attached hydrogens (tertiary/aromatic N) is 2. The lowest BCUT2D eigenvalue weighted by molar-refractivity contribution is 0.310. The van der Waals surface area contributed by atoms with Crippen molar-refractivity contribution in [1.82, 2.24) is 9.97 Å². The third-order valence-corrected chi connectivity index (χ3v) is 3.70. The van der Waals surface area contributed by atoms with E-state index in [4.69, 9.17) is 9.47 Å². The van der Waals surface area contributed by atoms with Crippen LogP contribution in [0.25, 0.3) is 11.3 Å². The summed E-state index contributed by atoms with van der Waals surface area (Å²) in [6.45, 7) is 2.40. The molecule has 0 unspecified atom stereocenters. The lowest BCUT2D eigenvalue weighted by Crippen LogP contribution is -2.10. The van der Waals surface area contributed by atoms with Crippen molar-refractivity contribution in [3.05, 3.63) is 70.5 Å². The Labute approximate surface area is 156 Å². The predicted octanol–water partition coefficient (Wildman–Crippen LogP) is 3.29. The summed E-state index contributed by atoms with van der Waals surface area (Å²) in [6.07, 6.45) is 1.59. The first-order valence-electron chi connectivity index (χ1n) is 8.47. The second-order valence-corrected chi connectivity index (χ2v) is 5.53. The quantitative estimate of drug-likeness (QED) is 0.496. The topological polar surface area (TPSA) is 88.6 Å². The highest BCUT2D eigenvalue weighted by atomic mass is 16.5. The molecule has 0 aliphatic rings. The summed E-state index contributed by atoms with van der Waals surface area (Å²) in [5.74, 6) is 1.48. The molecule has 1 heterocycles. The van der Waals surface area contributed by atoms with Crippen LogP contribution in [0.1, 0.15) is 12.5 Å². The summed E-state index contributed by atoms with van der Waals surface area (Å²) in [5.41, 5.74) is 4.65. The summed E-state index contributed by atoms with van der Waals surface area (Å²) in [7, 11) is 1.58. The molecule has 0 atom stereocenters. The number of hydrogen-bond acceptors (Lipinski definition) is 6. The van der Waals surface area contributed by atoms with Gasteiger partial charge >= 0.3 is 0 Å². The van der Waals surface area contributed by atoms with Crippen LogP contribution in [0.2, 0.25) is 0 Å². The molecule has 0 fully saturated rings. The van der Waals surface area contributed by atoms with Gasteiger partial charge in [0.25, 0.3) is 5.56 Å². The van der Waals surface area contributed by atoms with Crippen LogP contribution in [-0.2, 0) is 0 Å². The first kappa shape index (κ1) is 18.2. The number of hydrogen-bond donors (Lipinski definition) is 2. The van der Waals surface area contributed by atoms with Crippen molar-refractivity contribution in [1.29, 1.82) is 0 Å². The third kappa shape index (κ3) is 4.52.